The lowest BCUT2D eigenvalue weighted by atomic mass is 10.4. The SMILES string of the molecule is CC(C)OCCS(=O)(=O)NCC(=O)NCCCN. The van der Waals surface area contributed by atoms with Crippen molar-refractivity contribution in [3.8, 4) is 0 Å². The average Bonchev–Trinajstić information content (AvgIpc) is 2.26. The van der Waals surface area contributed by atoms with Gasteiger partial charge in [0.05, 0.1) is 25.0 Å². The second kappa shape index (κ2) is 9.26. The lowest BCUT2D eigenvalue weighted by Gasteiger charge is -2.09. The van der Waals surface area contributed by atoms with Crippen LogP contribution in [0.5, 0.6) is 0 Å². The van der Waals surface area contributed by atoms with Gasteiger partial charge in [-0.25, -0.2) is 13.1 Å². The van der Waals surface area contributed by atoms with E-state index in [0.29, 0.717) is 19.5 Å². The fourth-order valence-electron chi connectivity index (χ4n) is 1.03. The molecule has 108 valence electrons. The molecule has 0 unspecified atom stereocenters. The number of ether oxygens (including phenoxy) is 1. The molecule has 0 aromatic rings. The average molecular weight is 281 g/mol. The predicted octanol–water partition coefficient (Wildman–Crippen LogP) is -1.20. The van der Waals surface area contributed by atoms with Crippen molar-refractivity contribution in [2.45, 2.75) is 26.4 Å². The second-order valence-electron chi connectivity index (χ2n) is 4.05. The number of hydrogen-bond acceptors (Lipinski definition) is 5. The summed E-state index contributed by atoms with van der Waals surface area (Å²) < 4.78 is 30.2. The molecular formula is C10H23N3O4S. The van der Waals surface area contributed by atoms with Gasteiger partial charge in [0.15, 0.2) is 0 Å². The molecule has 7 nitrogen and oxygen atoms in total. The van der Waals surface area contributed by atoms with Gasteiger partial charge in [0.25, 0.3) is 0 Å². The monoisotopic (exact) mass is 281 g/mol. The summed E-state index contributed by atoms with van der Waals surface area (Å²) in [6.07, 6.45) is 0.653. The highest BCUT2D eigenvalue weighted by molar-refractivity contribution is 7.89. The molecular weight excluding hydrogens is 258 g/mol. The number of rotatable bonds is 10. The van der Waals surface area contributed by atoms with Crippen LogP contribution in [0, 0.1) is 0 Å². The maximum atomic E-state index is 11.5. The van der Waals surface area contributed by atoms with Crippen molar-refractivity contribution in [2.75, 3.05) is 32.0 Å². The number of carbonyl (C=O) groups excluding carboxylic acids is 1. The fraction of sp³-hybridized carbons (Fsp3) is 0.900. The van der Waals surface area contributed by atoms with Crippen molar-refractivity contribution >= 4 is 15.9 Å². The smallest absolute Gasteiger partial charge is 0.235 e. The lowest BCUT2D eigenvalue weighted by Crippen LogP contribution is -2.39. The molecule has 0 saturated heterocycles. The summed E-state index contributed by atoms with van der Waals surface area (Å²) in [5, 5.41) is 2.55. The zero-order valence-corrected chi connectivity index (χ0v) is 11.8. The third-order valence-electron chi connectivity index (χ3n) is 1.96. The summed E-state index contributed by atoms with van der Waals surface area (Å²) in [4.78, 5) is 11.2. The van der Waals surface area contributed by atoms with Crippen LogP contribution in [0.1, 0.15) is 20.3 Å². The van der Waals surface area contributed by atoms with E-state index < -0.39 is 10.0 Å². The molecule has 0 aliphatic heterocycles. The molecule has 8 heteroatoms. The zero-order valence-electron chi connectivity index (χ0n) is 10.9. The third kappa shape index (κ3) is 10.5. The first-order valence-electron chi connectivity index (χ1n) is 5.93. The molecule has 0 aromatic carbocycles. The van der Waals surface area contributed by atoms with Gasteiger partial charge in [-0.3, -0.25) is 4.79 Å². The minimum atomic E-state index is -3.46. The Kier molecular flexibility index (Phi) is 8.90. The van der Waals surface area contributed by atoms with Gasteiger partial charge in [0.1, 0.15) is 0 Å². The van der Waals surface area contributed by atoms with E-state index in [0.717, 1.165) is 0 Å². The van der Waals surface area contributed by atoms with Crippen LogP contribution in [0.2, 0.25) is 0 Å². The molecule has 0 saturated carbocycles. The molecule has 0 aliphatic carbocycles. The van der Waals surface area contributed by atoms with Gasteiger partial charge in [0, 0.05) is 6.54 Å². The van der Waals surface area contributed by atoms with Gasteiger partial charge in [-0.05, 0) is 26.8 Å². The molecule has 0 heterocycles. The highest BCUT2D eigenvalue weighted by Crippen LogP contribution is 1.90. The number of carbonyl (C=O) groups is 1. The maximum absolute atomic E-state index is 11.5. The van der Waals surface area contributed by atoms with Crippen molar-refractivity contribution in [3.05, 3.63) is 0 Å². The molecule has 1 amide bonds. The van der Waals surface area contributed by atoms with Gasteiger partial charge in [-0.1, -0.05) is 0 Å². The van der Waals surface area contributed by atoms with Crippen molar-refractivity contribution in [2.24, 2.45) is 5.73 Å². The molecule has 0 atom stereocenters. The molecule has 0 aromatic heterocycles. The lowest BCUT2D eigenvalue weighted by molar-refractivity contribution is -0.119. The number of hydrogen-bond donors (Lipinski definition) is 3. The fourth-order valence-corrected chi connectivity index (χ4v) is 1.84. The molecule has 0 fully saturated rings. The van der Waals surface area contributed by atoms with Gasteiger partial charge in [-0.15, -0.1) is 0 Å². The van der Waals surface area contributed by atoms with E-state index >= 15 is 0 Å². The van der Waals surface area contributed by atoms with Crippen LogP contribution in [-0.4, -0.2) is 52.4 Å². The molecule has 0 spiro atoms. The Morgan fingerprint density at radius 3 is 2.61 bits per heavy atom. The number of sulfonamides is 1. The summed E-state index contributed by atoms with van der Waals surface area (Å²) in [6.45, 7) is 4.44. The largest absolute Gasteiger partial charge is 0.378 e. The van der Waals surface area contributed by atoms with E-state index in [1.165, 1.54) is 0 Å². The van der Waals surface area contributed by atoms with E-state index in [1.807, 2.05) is 13.8 Å². The van der Waals surface area contributed by atoms with Gasteiger partial charge >= 0.3 is 0 Å². The maximum Gasteiger partial charge on any atom is 0.235 e. The van der Waals surface area contributed by atoms with Gasteiger partial charge in [-0.2, -0.15) is 0 Å². The highest BCUT2D eigenvalue weighted by atomic mass is 32.2. The van der Waals surface area contributed by atoms with E-state index in [2.05, 4.69) is 10.0 Å². The van der Waals surface area contributed by atoms with Gasteiger partial charge < -0.3 is 15.8 Å². The molecule has 18 heavy (non-hydrogen) atoms. The number of nitrogens with one attached hydrogen (secondary N) is 2. The highest BCUT2D eigenvalue weighted by Gasteiger charge is 2.12. The van der Waals surface area contributed by atoms with Crippen molar-refractivity contribution in [1.29, 1.82) is 0 Å². The van der Waals surface area contributed by atoms with Crippen molar-refractivity contribution < 1.29 is 17.9 Å². The van der Waals surface area contributed by atoms with E-state index in [4.69, 9.17) is 10.5 Å². The molecule has 0 bridgehead atoms. The third-order valence-corrected chi connectivity index (χ3v) is 3.25. The van der Waals surface area contributed by atoms with Crippen molar-refractivity contribution in [3.63, 3.8) is 0 Å². The summed E-state index contributed by atoms with van der Waals surface area (Å²) in [7, 11) is -3.46. The minimum Gasteiger partial charge on any atom is -0.378 e. The van der Waals surface area contributed by atoms with E-state index in [-0.39, 0.29) is 30.9 Å². The summed E-state index contributed by atoms with van der Waals surface area (Å²) >= 11 is 0. The first-order valence-corrected chi connectivity index (χ1v) is 7.58. The summed E-state index contributed by atoms with van der Waals surface area (Å²) in [6, 6.07) is 0. The minimum absolute atomic E-state index is 0.0141. The van der Waals surface area contributed by atoms with E-state index in [1.54, 1.807) is 0 Å². The Bertz CT molecular complexity index is 330. The predicted molar refractivity (Wildman–Crippen MR) is 69.6 cm³/mol. The zero-order chi connectivity index (χ0) is 14.0. The normalized spacial score (nSPS) is 11.8. The van der Waals surface area contributed by atoms with Crippen molar-refractivity contribution in [1.82, 2.24) is 10.0 Å². The van der Waals surface area contributed by atoms with Crippen LogP contribution in [-0.2, 0) is 19.6 Å². The van der Waals surface area contributed by atoms with Gasteiger partial charge in [0.2, 0.25) is 15.9 Å². The number of amides is 1. The molecule has 0 aliphatic rings. The molecule has 0 radical (unpaired) electrons. The Morgan fingerprint density at radius 2 is 2.06 bits per heavy atom. The van der Waals surface area contributed by atoms with Crippen LogP contribution >= 0.6 is 0 Å². The first kappa shape index (κ1) is 17.3. The van der Waals surface area contributed by atoms with Crippen LogP contribution in [0.3, 0.4) is 0 Å². The quantitative estimate of drug-likeness (QED) is 0.435. The first-order chi connectivity index (χ1) is 8.37. The number of nitrogens with two attached hydrogens (primary N) is 1. The molecule has 0 rings (SSSR count). The topological polar surface area (TPSA) is 111 Å². The van der Waals surface area contributed by atoms with Crippen LogP contribution in [0.25, 0.3) is 0 Å². The Labute approximate surface area is 108 Å². The second-order valence-corrected chi connectivity index (χ2v) is 5.98. The van der Waals surface area contributed by atoms with Crippen LogP contribution in [0.15, 0.2) is 0 Å². The molecule has 4 N–H and O–H groups in total. The van der Waals surface area contributed by atoms with Crippen LogP contribution < -0.4 is 15.8 Å². The Hall–Kier alpha value is -0.700. The van der Waals surface area contributed by atoms with Crippen LogP contribution in [0.4, 0.5) is 0 Å². The Balaban J connectivity index is 3.78. The van der Waals surface area contributed by atoms with E-state index in [9.17, 15) is 13.2 Å². The standard InChI is InChI=1S/C10H23N3O4S/c1-9(2)17-6-7-18(15,16)13-8-10(14)12-5-3-4-11/h9,13H,3-8,11H2,1-2H3,(H,12,14). The summed E-state index contributed by atoms with van der Waals surface area (Å²) in [5.41, 5.74) is 5.26. The summed E-state index contributed by atoms with van der Waals surface area (Å²) in [5.74, 6) is -0.516. The Morgan fingerprint density at radius 1 is 1.39 bits per heavy atom.